The third kappa shape index (κ3) is 8.83. The van der Waals surface area contributed by atoms with Gasteiger partial charge in [0.15, 0.2) is 0 Å². The molecule has 7 nitrogen and oxygen atoms in total. The van der Waals surface area contributed by atoms with Crippen LogP contribution < -0.4 is 9.62 Å². The normalized spacial score (nSPS) is 12.6. The molecule has 45 heavy (non-hydrogen) atoms. The highest BCUT2D eigenvalue weighted by Gasteiger charge is 2.35. The molecule has 0 saturated carbocycles. The van der Waals surface area contributed by atoms with Crippen molar-refractivity contribution in [2.24, 2.45) is 0 Å². The Hall–Kier alpha value is -3.95. The summed E-state index contributed by atoms with van der Waals surface area (Å²) in [5, 5.41) is 3.06. The van der Waals surface area contributed by atoms with E-state index in [1.807, 2.05) is 94.4 Å². The number of halogens is 1. The first-order valence-corrected chi connectivity index (χ1v) is 17.3. The molecule has 9 heteroatoms. The van der Waals surface area contributed by atoms with Crippen LogP contribution in [0.25, 0.3) is 0 Å². The molecular formula is C36H40BrN3O4S. The molecule has 0 unspecified atom stereocenters. The molecule has 2 atom stereocenters. The summed E-state index contributed by atoms with van der Waals surface area (Å²) < 4.78 is 30.4. The van der Waals surface area contributed by atoms with Gasteiger partial charge in [0.05, 0.1) is 10.6 Å². The van der Waals surface area contributed by atoms with Crippen molar-refractivity contribution < 1.29 is 18.0 Å². The maximum Gasteiger partial charge on any atom is 0.264 e. The van der Waals surface area contributed by atoms with Gasteiger partial charge in [-0.2, -0.15) is 0 Å². The minimum Gasteiger partial charge on any atom is -0.352 e. The summed E-state index contributed by atoms with van der Waals surface area (Å²) in [6, 6.07) is 29.6. The summed E-state index contributed by atoms with van der Waals surface area (Å²) in [5.41, 5.74) is 3.79. The number of anilines is 1. The van der Waals surface area contributed by atoms with E-state index >= 15 is 0 Å². The molecule has 2 amide bonds. The number of hydrogen-bond donors (Lipinski definition) is 1. The molecule has 236 valence electrons. The summed E-state index contributed by atoms with van der Waals surface area (Å²) in [6.07, 6.45) is 0.983. The zero-order chi connectivity index (χ0) is 32.6. The fraction of sp³-hybridized carbons (Fsp3) is 0.278. The van der Waals surface area contributed by atoms with Crippen molar-refractivity contribution in [2.75, 3.05) is 10.8 Å². The van der Waals surface area contributed by atoms with Crippen LogP contribution in [-0.2, 0) is 32.6 Å². The molecule has 4 aromatic carbocycles. The lowest BCUT2D eigenvalue weighted by Gasteiger charge is -2.34. The van der Waals surface area contributed by atoms with Gasteiger partial charge in [0.25, 0.3) is 10.0 Å². The predicted molar refractivity (Wildman–Crippen MR) is 183 cm³/mol. The molecule has 0 aliphatic rings. The Kier molecular flexibility index (Phi) is 11.6. The van der Waals surface area contributed by atoms with Gasteiger partial charge in [0, 0.05) is 23.5 Å². The van der Waals surface area contributed by atoms with Gasteiger partial charge in [-0.3, -0.25) is 13.9 Å². The second kappa shape index (κ2) is 15.4. The lowest BCUT2D eigenvalue weighted by Crippen LogP contribution is -2.54. The van der Waals surface area contributed by atoms with Crippen molar-refractivity contribution in [3.05, 3.63) is 130 Å². The van der Waals surface area contributed by atoms with Crippen molar-refractivity contribution in [2.45, 2.75) is 64.1 Å². The Morgan fingerprint density at radius 3 is 2.11 bits per heavy atom. The molecule has 0 heterocycles. The van der Waals surface area contributed by atoms with Gasteiger partial charge in [-0.15, -0.1) is 0 Å². The smallest absolute Gasteiger partial charge is 0.264 e. The minimum absolute atomic E-state index is 0.0756. The Morgan fingerprint density at radius 2 is 1.49 bits per heavy atom. The summed E-state index contributed by atoms with van der Waals surface area (Å²) >= 11 is 3.52. The van der Waals surface area contributed by atoms with Gasteiger partial charge in [0.2, 0.25) is 11.8 Å². The maximum atomic E-state index is 14.6. The maximum absolute atomic E-state index is 14.6. The minimum atomic E-state index is -4.15. The number of nitrogens with zero attached hydrogens (tertiary/aromatic N) is 2. The fourth-order valence-electron chi connectivity index (χ4n) is 5.15. The van der Waals surface area contributed by atoms with Crippen LogP contribution in [0.4, 0.5) is 5.69 Å². The van der Waals surface area contributed by atoms with Gasteiger partial charge in [-0.05, 0) is 74.2 Å². The Balaban J connectivity index is 1.83. The third-order valence-corrected chi connectivity index (χ3v) is 10.0. The summed E-state index contributed by atoms with van der Waals surface area (Å²) in [4.78, 5) is 30.1. The van der Waals surface area contributed by atoms with Gasteiger partial charge in [-0.25, -0.2) is 8.42 Å². The lowest BCUT2D eigenvalue weighted by molar-refractivity contribution is -0.140. The van der Waals surface area contributed by atoms with E-state index < -0.39 is 28.5 Å². The highest BCUT2D eigenvalue weighted by molar-refractivity contribution is 9.10. The van der Waals surface area contributed by atoms with Crippen LogP contribution in [0.3, 0.4) is 0 Å². The quantitative estimate of drug-likeness (QED) is 0.167. The summed E-state index contributed by atoms with van der Waals surface area (Å²) in [5.74, 6) is -0.782. The van der Waals surface area contributed by atoms with E-state index in [9.17, 15) is 18.0 Å². The number of benzene rings is 4. The summed E-state index contributed by atoms with van der Waals surface area (Å²) in [6.45, 7) is 7.29. The molecule has 0 bridgehead atoms. The van der Waals surface area contributed by atoms with E-state index in [1.165, 1.54) is 21.3 Å². The van der Waals surface area contributed by atoms with E-state index in [0.29, 0.717) is 5.69 Å². The number of rotatable bonds is 13. The van der Waals surface area contributed by atoms with Crippen LogP contribution >= 0.6 is 15.9 Å². The molecule has 0 aliphatic carbocycles. The standard InChI is InChI=1S/C36H40BrN3O4S/c1-5-28(4)38-36(42)34(23-29-13-8-6-9-14-29)39(24-30-15-12-16-31(37)22-30)35(41)25-40(33-20-19-26(2)21-27(33)3)45(43,44)32-17-10-7-11-18-32/h6-22,28,34H,5,23-25H2,1-4H3,(H,38,42)/t28-,34-/m0/s1. The lowest BCUT2D eigenvalue weighted by atomic mass is 10.0. The number of hydrogen-bond acceptors (Lipinski definition) is 4. The SMILES string of the molecule is CC[C@H](C)NC(=O)[C@H](Cc1ccccc1)N(Cc1cccc(Br)c1)C(=O)CN(c1ccc(C)cc1C)S(=O)(=O)c1ccccc1. The van der Waals surface area contributed by atoms with E-state index in [-0.39, 0.29) is 29.8 Å². The molecule has 0 aromatic heterocycles. The fourth-order valence-corrected chi connectivity index (χ4v) is 7.09. The number of sulfonamides is 1. The van der Waals surface area contributed by atoms with E-state index in [0.717, 1.165) is 33.1 Å². The third-order valence-electron chi connectivity index (χ3n) is 7.75. The highest BCUT2D eigenvalue weighted by atomic mass is 79.9. The Labute approximate surface area is 275 Å². The largest absolute Gasteiger partial charge is 0.352 e. The van der Waals surface area contributed by atoms with Gasteiger partial charge < -0.3 is 10.2 Å². The molecule has 4 rings (SSSR count). The van der Waals surface area contributed by atoms with Gasteiger partial charge in [0.1, 0.15) is 12.6 Å². The van der Waals surface area contributed by atoms with Crippen molar-refractivity contribution in [3.8, 4) is 0 Å². The molecule has 0 fully saturated rings. The average Bonchev–Trinajstić information content (AvgIpc) is 3.02. The van der Waals surface area contributed by atoms with Gasteiger partial charge in [-0.1, -0.05) is 101 Å². The van der Waals surface area contributed by atoms with Crippen molar-refractivity contribution in [3.63, 3.8) is 0 Å². The topological polar surface area (TPSA) is 86.8 Å². The zero-order valence-electron chi connectivity index (χ0n) is 26.1. The number of aryl methyl sites for hydroxylation is 2. The molecule has 0 aliphatic heterocycles. The highest BCUT2D eigenvalue weighted by Crippen LogP contribution is 2.28. The van der Waals surface area contributed by atoms with Crippen LogP contribution in [0.1, 0.15) is 42.5 Å². The molecule has 4 aromatic rings. The van der Waals surface area contributed by atoms with Gasteiger partial charge >= 0.3 is 0 Å². The van der Waals surface area contributed by atoms with Crippen molar-refractivity contribution in [1.82, 2.24) is 10.2 Å². The van der Waals surface area contributed by atoms with Crippen LogP contribution in [0.5, 0.6) is 0 Å². The van der Waals surface area contributed by atoms with E-state index in [2.05, 4.69) is 21.2 Å². The van der Waals surface area contributed by atoms with Crippen LogP contribution in [0.15, 0.2) is 112 Å². The average molecular weight is 691 g/mol. The number of carbonyl (C=O) groups excluding carboxylic acids is 2. The molecular weight excluding hydrogens is 650 g/mol. The van der Waals surface area contributed by atoms with E-state index in [4.69, 9.17) is 0 Å². The first-order valence-electron chi connectivity index (χ1n) is 15.0. The first kappa shape index (κ1) is 33.9. The first-order chi connectivity index (χ1) is 21.5. The monoisotopic (exact) mass is 689 g/mol. The molecule has 0 saturated heterocycles. The van der Waals surface area contributed by atoms with Crippen LogP contribution in [0, 0.1) is 13.8 Å². The zero-order valence-corrected chi connectivity index (χ0v) is 28.5. The number of amides is 2. The molecule has 0 radical (unpaired) electrons. The Morgan fingerprint density at radius 1 is 0.844 bits per heavy atom. The predicted octanol–water partition coefficient (Wildman–Crippen LogP) is 6.82. The second-order valence-electron chi connectivity index (χ2n) is 11.3. The second-order valence-corrected chi connectivity index (χ2v) is 14.1. The van der Waals surface area contributed by atoms with Crippen molar-refractivity contribution >= 4 is 43.5 Å². The molecule has 1 N–H and O–H groups in total. The van der Waals surface area contributed by atoms with Crippen molar-refractivity contribution in [1.29, 1.82) is 0 Å². The van der Waals surface area contributed by atoms with Crippen LogP contribution in [-0.4, -0.2) is 43.8 Å². The van der Waals surface area contributed by atoms with Crippen LogP contribution in [0.2, 0.25) is 0 Å². The number of carbonyl (C=O) groups is 2. The summed E-state index contributed by atoms with van der Waals surface area (Å²) in [7, 11) is -4.15. The number of nitrogens with one attached hydrogen (secondary N) is 1. The Bertz CT molecular complexity index is 1720. The molecule has 0 spiro atoms. The van der Waals surface area contributed by atoms with E-state index in [1.54, 1.807) is 24.3 Å².